The van der Waals surface area contributed by atoms with Crippen molar-refractivity contribution in [2.24, 2.45) is 0 Å². The summed E-state index contributed by atoms with van der Waals surface area (Å²) in [6, 6.07) is 0. The van der Waals surface area contributed by atoms with Crippen LogP contribution in [0, 0.1) is 0 Å². The van der Waals surface area contributed by atoms with Crippen molar-refractivity contribution in [3.8, 4) is 0 Å². The Bertz CT molecular complexity index is 473. The van der Waals surface area contributed by atoms with E-state index in [0.29, 0.717) is 0 Å². The van der Waals surface area contributed by atoms with Crippen LogP contribution in [0.15, 0.2) is 0 Å². The number of rotatable bonds is 2. The smallest absolute Gasteiger partial charge is 0.225 e. The van der Waals surface area contributed by atoms with Gasteiger partial charge in [-0.05, 0) is 25.7 Å². The minimum atomic E-state index is 0.724. The lowest BCUT2D eigenvalue weighted by molar-refractivity contribution is 0.726. The number of fused-ring (bicyclic) bond motifs is 1. The third kappa shape index (κ3) is 2.22. The Kier molecular flexibility index (Phi) is 2.91. The van der Waals surface area contributed by atoms with Gasteiger partial charge in [-0.25, -0.2) is 9.97 Å². The number of hydrogen-bond donors (Lipinski definition) is 1. The lowest BCUT2D eigenvalue weighted by Crippen LogP contribution is -2.27. The van der Waals surface area contributed by atoms with E-state index in [1.807, 2.05) is 0 Å². The van der Waals surface area contributed by atoms with E-state index in [-0.39, 0.29) is 0 Å². The highest BCUT2D eigenvalue weighted by atomic mass is 15.3. The van der Waals surface area contributed by atoms with Crippen molar-refractivity contribution in [1.82, 2.24) is 15.3 Å². The van der Waals surface area contributed by atoms with Gasteiger partial charge in [-0.3, -0.25) is 0 Å². The topological polar surface area (TPSA) is 41.1 Å². The third-order valence-electron chi connectivity index (χ3n) is 4.56. The van der Waals surface area contributed by atoms with Gasteiger partial charge in [0.05, 0.1) is 11.4 Å². The van der Waals surface area contributed by atoms with Gasteiger partial charge in [0.25, 0.3) is 0 Å². The lowest BCUT2D eigenvalue weighted by Gasteiger charge is -2.21. The molecule has 4 rings (SSSR count). The normalized spacial score (nSPS) is 23.3. The van der Waals surface area contributed by atoms with Gasteiger partial charge < -0.3 is 10.2 Å². The molecule has 3 heterocycles. The van der Waals surface area contributed by atoms with E-state index < -0.39 is 0 Å². The molecule has 3 aliphatic rings. The van der Waals surface area contributed by atoms with Crippen molar-refractivity contribution in [3.63, 3.8) is 0 Å². The fourth-order valence-electron chi connectivity index (χ4n) is 3.29. The van der Waals surface area contributed by atoms with Crippen LogP contribution in [0.5, 0.6) is 0 Å². The molecule has 2 aliphatic heterocycles. The molecule has 1 N–H and O–H groups in total. The standard InChI is InChI=1S/C15H22N4/c1-2-4-8-19(7-3-1)15-17-13-10-16-9-12(13)14(18-15)11-5-6-11/h11,16H,1-10H2. The van der Waals surface area contributed by atoms with Crippen LogP contribution in [0.1, 0.15) is 61.4 Å². The lowest BCUT2D eigenvalue weighted by atomic mass is 10.1. The summed E-state index contributed by atoms with van der Waals surface area (Å²) in [5.41, 5.74) is 4.02. The second kappa shape index (κ2) is 4.75. The average Bonchev–Trinajstić information content (AvgIpc) is 3.21. The molecule has 1 saturated carbocycles. The quantitative estimate of drug-likeness (QED) is 0.884. The van der Waals surface area contributed by atoms with Crippen molar-refractivity contribution < 1.29 is 0 Å². The molecule has 0 aromatic carbocycles. The fraction of sp³-hybridized carbons (Fsp3) is 0.733. The number of hydrogen-bond acceptors (Lipinski definition) is 4. The Balaban J connectivity index is 1.69. The van der Waals surface area contributed by atoms with Crippen molar-refractivity contribution >= 4 is 5.95 Å². The molecule has 0 atom stereocenters. The number of nitrogens with one attached hydrogen (secondary N) is 1. The molecule has 19 heavy (non-hydrogen) atoms. The molecule has 0 unspecified atom stereocenters. The predicted octanol–water partition coefficient (Wildman–Crippen LogP) is 2.34. The zero-order valence-corrected chi connectivity index (χ0v) is 11.5. The summed E-state index contributed by atoms with van der Waals surface area (Å²) in [6.07, 6.45) is 7.94. The molecule has 1 saturated heterocycles. The highest BCUT2D eigenvalue weighted by Gasteiger charge is 2.32. The second-order valence-electron chi connectivity index (χ2n) is 6.11. The molecule has 1 aromatic heterocycles. The second-order valence-corrected chi connectivity index (χ2v) is 6.11. The number of anilines is 1. The van der Waals surface area contributed by atoms with E-state index in [1.54, 1.807) is 0 Å². The molecule has 0 spiro atoms. The average molecular weight is 258 g/mol. The first-order valence-electron chi connectivity index (χ1n) is 7.77. The third-order valence-corrected chi connectivity index (χ3v) is 4.56. The summed E-state index contributed by atoms with van der Waals surface area (Å²) >= 11 is 0. The van der Waals surface area contributed by atoms with Crippen molar-refractivity contribution in [2.45, 2.75) is 57.5 Å². The van der Waals surface area contributed by atoms with Crippen LogP contribution >= 0.6 is 0 Å². The summed E-state index contributed by atoms with van der Waals surface area (Å²) in [4.78, 5) is 12.2. The Morgan fingerprint density at radius 2 is 1.74 bits per heavy atom. The van der Waals surface area contributed by atoms with Gasteiger partial charge >= 0.3 is 0 Å². The van der Waals surface area contributed by atoms with Gasteiger partial charge in [0.15, 0.2) is 0 Å². The van der Waals surface area contributed by atoms with Crippen LogP contribution in [0.2, 0.25) is 0 Å². The maximum atomic E-state index is 4.95. The first-order valence-corrected chi connectivity index (χ1v) is 7.77. The van der Waals surface area contributed by atoms with E-state index >= 15 is 0 Å². The molecule has 0 amide bonds. The largest absolute Gasteiger partial charge is 0.341 e. The van der Waals surface area contributed by atoms with Gasteiger partial charge in [0.1, 0.15) is 0 Å². The number of nitrogens with zero attached hydrogens (tertiary/aromatic N) is 3. The minimum absolute atomic E-state index is 0.724. The molecule has 2 fully saturated rings. The summed E-state index contributed by atoms with van der Waals surface area (Å²) < 4.78 is 0. The van der Waals surface area contributed by atoms with Crippen LogP contribution in [0.3, 0.4) is 0 Å². The van der Waals surface area contributed by atoms with E-state index in [4.69, 9.17) is 9.97 Å². The van der Waals surface area contributed by atoms with Crippen LogP contribution < -0.4 is 10.2 Å². The zero-order chi connectivity index (χ0) is 12.7. The molecule has 1 aliphatic carbocycles. The van der Waals surface area contributed by atoms with Gasteiger partial charge in [-0.1, -0.05) is 12.8 Å². The first-order chi connectivity index (χ1) is 9.42. The Morgan fingerprint density at radius 1 is 0.947 bits per heavy atom. The van der Waals surface area contributed by atoms with Gasteiger partial charge in [-0.2, -0.15) is 0 Å². The van der Waals surface area contributed by atoms with Crippen molar-refractivity contribution in [3.05, 3.63) is 17.0 Å². The van der Waals surface area contributed by atoms with Crippen LogP contribution in [-0.2, 0) is 13.1 Å². The minimum Gasteiger partial charge on any atom is -0.341 e. The van der Waals surface area contributed by atoms with E-state index in [2.05, 4.69) is 10.2 Å². The summed E-state index contributed by atoms with van der Waals surface area (Å²) in [5, 5.41) is 3.43. The molecule has 4 nitrogen and oxygen atoms in total. The molecular formula is C15H22N4. The Hall–Kier alpha value is -1.16. The molecule has 1 aromatic rings. The fourth-order valence-corrected chi connectivity index (χ4v) is 3.29. The Morgan fingerprint density at radius 3 is 2.47 bits per heavy atom. The molecule has 0 bridgehead atoms. The van der Waals surface area contributed by atoms with Crippen LogP contribution in [-0.4, -0.2) is 23.1 Å². The van der Waals surface area contributed by atoms with Crippen molar-refractivity contribution in [1.29, 1.82) is 0 Å². The van der Waals surface area contributed by atoms with E-state index in [0.717, 1.165) is 38.0 Å². The number of aromatic nitrogens is 2. The summed E-state index contributed by atoms with van der Waals surface area (Å²) in [6.45, 7) is 4.17. The van der Waals surface area contributed by atoms with Crippen molar-refractivity contribution in [2.75, 3.05) is 18.0 Å². The van der Waals surface area contributed by atoms with Gasteiger partial charge in [0.2, 0.25) is 5.95 Å². The molecule has 0 radical (unpaired) electrons. The van der Waals surface area contributed by atoms with Crippen LogP contribution in [0.25, 0.3) is 0 Å². The summed E-state index contributed by atoms with van der Waals surface area (Å²) in [7, 11) is 0. The maximum absolute atomic E-state index is 4.95. The molecule has 102 valence electrons. The SMILES string of the molecule is C1CCCN(c2nc3c(c(C4CC4)n2)CNC3)CC1. The predicted molar refractivity (Wildman–Crippen MR) is 75.2 cm³/mol. The monoisotopic (exact) mass is 258 g/mol. The molecular weight excluding hydrogens is 236 g/mol. The van der Waals surface area contributed by atoms with E-state index in [1.165, 1.54) is 55.5 Å². The van der Waals surface area contributed by atoms with Gasteiger partial charge in [0, 0.05) is 37.7 Å². The maximum Gasteiger partial charge on any atom is 0.225 e. The van der Waals surface area contributed by atoms with Crippen LogP contribution in [0.4, 0.5) is 5.95 Å². The highest BCUT2D eigenvalue weighted by molar-refractivity contribution is 5.41. The van der Waals surface area contributed by atoms with Gasteiger partial charge in [-0.15, -0.1) is 0 Å². The Labute approximate surface area is 114 Å². The zero-order valence-electron chi connectivity index (χ0n) is 11.5. The summed E-state index contributed by atoms with van der Waals surface area (Å²) in [5.74, 6) is 1.73. The first kappa shape index (κ1) is 11.6. The van der Waals surface area contributed by atoms with E-state index in [9.17, 15) is 0 Å². The highest BCUT2D eigenvalue weighted by Crippen LogP contribution is 2.42. The molecule has 4 heteroatoms.